The summed E-state index contributed by atoms with van der Waals surface area (Å²) in [5.41, 5.74) is 7.05. The summed E-state index contributed by atoms with van der Waals surface area (Å²) in [5.74, 6) is 1.38. The fourth-order valence-corrected chi connectivity index (χ4v) is 3.83. The molecule has 2 heteroatoms. The van der Waals surface area contributed by atoms with Crippen molar-refractivity contribution in [3.63, 3.8) is 0 Å². The van der Waals surface area contributed by atoms with Crippen molar-refractivity contribution >= 4 is 0 Å². The molecule has 0 bridgehead atoms. The molecule has 0 aromatic heterocycles. The monoisotopic (exact) mass is 296 g/mol. The molecule has 1 saturated carbocycles. The van der Waals surface area contributed by atoms with Gasteiger partial charge in [-0.1, -0.05) is 60.8 Å². The third-order valence-electron chi connectivity index (χ3n) is 6.17. The topological polar surface area (TPSA) is 38.0 Å². The molecule has 0 amide bonds. The third-order valence-corrected chi connectivity index (χ3v) is 6.17. The Labute approximate surface area is 133 Å². The lowest BCUT2D eigenvalue weighted by molar-refractivity contribution is 0.0524. The zero-order valence-corrected chi connectivity index (χ0v) is 15.5. The quantitative estimate of drug-likeness (QED) is 0.643. The molecule has 1 aliphatic rings. The van der Waals surface area contributed by atoms with Gasteiger partial charge in [-0.25, -0.2) is 0 Å². The van der Waals surface area contributed by atoms with Crippen LogP contribution >= 0.6 is 0 Å². The second-order valence-corrected chi connectivity index (χ2v) is 8.80. The molecule has 126 valence electrons. The van der Waals surface area contributed by atoms with Gasteiger partial charge in [0.25, 0.3) is 0 Å². The minimum atomic E-state index is 0.358. The van der Waals surface area contributed by atoms with Crippen LogP contribution in [0.4, 0.5) is 0 Å². The van der Waals surface area contributed by atoms with E-state index in [1.165, 1.54) is 38.5 Å². The van der Waals surface area contributed by atoms with Gasteiger partial charge in [0.05, 0.1) is 0 Å². The maximum atomic E-state index is 6.26. The number of nitrogens with one attached hydrogen (secondary N) is 1. The Kier molecular flexibility index (Phi) is 7.19. The molecule has 1 rings (SSSR count). The first kappa shape index (κ1) is 19.0. The van der Waals surface area contributed by atoms with Crippen LogP contribution in [0.2, 0.25) is 0 Å². The first-order chi connectivity index (χ1) is 9.70. The molecule has 3 atom stereocenters. The molecule has 0 aromatic rings. The lowest BCUT2D eigenvalue weighted by Gasteiger charge is -2.47. The predicted octanol–water partition coefficient (Wildman–Crippen LogP) is 4.58. The number of hydrogen-bond acceptors (Lipinski definition) is 2. The first-order valence-electron chi connectivity index (χ1n) is 9.17. The van der Waals surface area contributed by atoms with E-state index in [1.807, 2.05) is 0 Å². The second-order valence-electron chi connectivity index (χ2n) is 8.80. The van der Waals surface area contributed by atoms with Crippen LogP contribution in [0.5, 0.6) is 0 Å². The Hall–Kier alpha value is -0.0800. The maximum absolute atomic E-state index is 6.26. The van der Waals surface area contributed by atoms with Gasteiger partial charge in [-0.3, -0.25) is 0 Å². The molecule has 0 heterocycles. The van der Waals surface area contributed by atoms with Gasteiger partial charge in [-0.2, -0.15) is 0 Å². The average molecular weight is 297 g/mol. The standard InChI is InChI=1S/C19H40N2/c1-7-8-9-12-18(3,4)14-21-13-16-10-11-17(20)15(2)19(16,5)6/h15-17,21H,7-14,20H2,1-6H3. The smallest absolute Gasteiger partial charge is 0.00698 e. The number of rotatable bonds is 8. The summed E-state index contributed by atoms with van der Waals surface area (Å²) in [4.78, 5) is 0. The van der Waals surface area contributed by atoms with Crippen molar-refractivity contribution in [3.05, 3.63) is 0 Å². The predicted molar refractivity (Wildman–Crippen MR) is 94.4 cm³/mol. The normalized spacial score (nSPS) is 29.6. The van der Waals surface area contributed by atoms with Crippen LogP contribution in [0.1, 0.15) is 80.1 Å². The van der Waals surface area contributed by atoms with Crippen molar-refractivity contribution in [2.75, 3.05) is 13.1 Å². The van der Waals surface area contributed by atoms with Gasteiger partial charge < -0.3 is 11.1 Å². The van der Waals surface area contributed by atoms with E-state index in [9.17, 15) is 0 Å². The third kappa shape index (κ3) is 5.56. The van der Waals surface area contributed by atoms with Crippen LogP contribution in [0.15, 0.2) is 0 Å². The Bertz CT molecular complexity index is 296. The van der Waals surface area contributed by atoms with Crippen molar-refractivity contribution in [1.82, 2.24) is 5.32 Å². The van der Waals surface area contributed by atoms with Crippen LogP contribution in [0.25, 0.3) is 0 Å². The van der Waals surface area contributed by atoms with E-state index in [2.05, 4.69) is 46.9 Å². The van der Waals surface area contributed by atoms with E-state index in [-0.39, 0.29) is 0 Å². The van der Waals surface area contributed by atoms with Crippen molar-refractivity contribution in [2.24, 2.45) is 28.4 Å². The van der Waals surface area contributed by atoms with E-state index in [0.29, 0.717) is 22.8 Å². The first-order valence-corrected chi connectivity index (χ1v) is 9.17. The molecule has 21 heavy (non-hydrogen) atoms. The Balaban J connectivity index is 2.37. The molecule has 1 fully saturated rings. The van der Waals surface area contributed by atoms with Gasteiger partial charge in [0.1, 0.15) is 0 Å². The lowest BCUT2D eigenvalue weighted by atomic mass is 9.61. The van der Waals surface area contributed by atoms with Gasteiger partial charge in [-0.15, -0.1) is 0 Å². The van der Waals surface area contributed by atoms with Crippen LogP contribution in [-0.4, -0.2) is 19.1 Å². The minimum Gasteiger partial charge on any atom is -0.327 e. The van der Waals surface area contributed by atoms with Gasteiger partial charge in [0.15, 0.2) is 0 Å². The summed E-state index contributed by atoms with van der Waals surface area (Å²) in [5, 5.41) is 3.77. The average Bonchev–Trinajstić information content (AvgIpc) is 2.39. The summed E-state index contributed by atoms with van der Waals surface area (Å²) in [6.07, 6.45) is 7.86. The molecule has 0 aromatic carbocycles. The van der Waals surface area contributed by atoms with Crippen LogP contribution in [0.3, 0.4) is 0 Å². The fourth-order valence-electron chi connectivity index (χ4n) is 3.83. The number of unbranched alkanes of at least 4 members (excludes halogenated alkanes) is 2. The van der Waals surface area contributed by atoms with E-state index in [0.717, 1.165) is 19.0 Å². The largest absolute Gasteiger partial charge is 0.327 e. The summed E-state index contributed by atoms with van der Waals surface area (Å²) in [7, 11) is 0. The molecule has 0 saturated heterocycles. The summed E-state index contributed by atoms with van der Waals surface area (Å²) >= 11 is 0. The fraction of sp³-hybridized carbons (Fsp3) is 1.00. The molecule has 0 aliphatic heterocycles. The zero-order chi connectivity index (χ0) is 16.1. The van der Waals surface area contributed by atoms with Gasteiger partial charge in [0.2, 0.25) is 0 Å². The zero-order valence-electron chi connectivity index (χ0n) is 15.5. The highest BCUT2D eigenvalue weighted by Gasteiger charge is 2.41. The summed E-state index contributed by atoms with van der Waals surface area (Å²) in [6.45, 7) is 16.5. The van der Waals surface area contributed by atoms with E-state index in [4.69, 9.17) is 5.73 Å². The molecule has 3 unspecified atom stereocenters. The molecular formula is C19H40N2. The number of hydrogen-bond donors (Lipinski definition) is 2. The SMILES string of the molecule is CCCCCC(C)(C)CNCC1CCC(N)C(C)C1(C)C. The van der Waals surface area contributed by atoms with Gasteiger partial charge in [0, 0.05) is 12.6 Å². The van der Waals surface area contributed by atoms with Crippen molar-refractivity contribution in [2.45, 2.75) is 86.1 Å². The van der Waals surface area contributed by atoms with Crippen molar-refractivity contribution in [3.8, 4) is 0 Å². The maximum Gasteiger partial charge on any atom is 0.00698 e. The second kappa shape index (κ2) is 7.97. The molecule has 3 N–H and O–H groups in total. The highest BCUT2D eigenvalue weighted by molar-refractivity contribution is 4.94. The lowest BCUT2D eigenvalue weighted by Crippen LogP contribution is -2.50. The van der Waals surface area contributed by atoms with Crippen LogP contribution < -0.4 is 11.1 Å². The molecular weight excluding hydrogens is 256 g/mol. The molecule has 1 aliphatic carbocycles. The minimum absolute atomic E-state index is 0.358. The van der Waals surface area contributed by atoms with Gasteiger partial charge >= 0.3 is 0 Å². The molecule has 0 spiro atoms. The van der Waals surface area contributed by atoms with E-state index >= 15 is 0 Å². The Morgan fingerprint density at radius 2 is 1.86 bits per heavy atom. The Morgan fingerprint density at radius 3 is 2.48 bits per heavy atom. The van der Waals surface area contributed by atoms with Gasteiger partial charge in [-0.05, 0) is 48.5 Å². The van der Waals surface area contributed by atoms with Crippen molar-refractivity contribution in [1.29, 1.82) is 0 Å². The highest BCUT2D eigenvalue weighted by Crippen LogP contribution is 2.44. The molecule has 0 radical (unpaired) electrons. The number of nitrogens with two attached hydrogens (primary N) is 1. The molecule has 2 nitrogen and oxygen atoms in total. The Morgan fingerprint density at radius 1 is 1.19 bits per heavy atom. The van der Waals surface area contributed by atoms with E-state index < -0.39 is 0 Å². The van der Waals surface area contributed by atoms with Crippen LogP contribution in [0, 0.1) is 22.7 Å². The van der Waals surface area contributed by atoms with Crippen LogP contribution in [-0.2, 0) is 0 Å². The summed E-state index contributed by atoms with van der Waals surface area (Å²) < 4.78 is 0. The van der Waals surface area contributed by atoms with E-state index in [1.54, 1.807) is 0 Å². The van der Waals surface area contributed by atoms with Crippen molar-refractivity contribution < 1.29 is 0 Å². The highest BCUT2D eigenvalue weighted by atomic mass is 14.9. The summed E-state index contributed by atoms with van der Waals surface area (Å²) in [6, 6.07) is 0.390.